The first kappa shape index (κ1) is 14.3. The van der Waals surface area contributed by atoms with Crippen LogP contribution in [0.4, 0.5) is 10.1 Å². The molecule has 3 nitrogen and oxygen atoms in total. The Morgan fingerprint density at radius 3 is 2.60 bits per heavy atom. The Labute approximate surface area is 118 Å². The minimum Gasteiger partial charge on any atom is -0.489 e. The van der Waals surface area contributed by atoms with Crippen molar-refractivity contribution in [2.75, 3.05) is 5.32 Å². The highest BCUT2D eigenvalue weighted by atomic mass is 19.1. The molecule has 1 aromatic carbocycles. The molecule has 0 saturated heterocycles. The highest BCUT2D eigenvalue weighted by Gasteiger charge is 2.10. The van der Waals surface area contributed by atoms with Gasteiger partial charge in [-0.25, -0.2) is 4.39 Å². The van der Waals surface area contributed by atoms with Crippen molar-refractivity contribution in [1.82, 2.24) is 4.98 Å². The van der Waals surface area contributed by atoms with E-state index in [0.29, 0.717) is 0 Å². The molecule has 106 valence electrons. The zero-order valence-corrected chi connectivity index (χ0v) is 11.9. The fourth-order valence-corrected chi connectivity index (χ4v) is 1.92. The van der Waals surface area contributed by atoms with Crippen LogP contribution < -0.4 is 10.1 Å². The van der Waals surface area contributed by atoms with Gasteiger partial charge in [-0.2, -0.15) is 0 Å². The number of rotatable bonds is 5. The maximum atomic E-state index is 13.2. The summed E-state index contributed by atoms with van der Waals surface area (Å²) in [6, 6.07) is 9.15. The summed E-state index contributed by atoms with van der Waals surface area (Å²) < 4.78 is 19.0. The van der Waals surface area contributed by atoms with Crippen molar-refractivity contribution in [3.63, 3.8) is 0 Å². The van der Waals surface area contributed by atoms with E-state index >= 15 is 0 Å². The van der Waals surface area contributed by atoms with Gasteiger partial charge >= 0.3 is 0 Å². The van der Waals surface area contributed by atoms with Crippen LogP contribution in [-0.2, 0) is 0 Å². The van der Waals surface area contributed by atoms with Crippen LogP contribution in [0.5, 0.6) is 5.75 Å². The number of pyridine rings is 1. The van der Waals surface area contributed by atoms with Gasteiger partial charge in [-0.1, -0.05) is 12.1 Å². The van der Waals surface area contributed by atoms with Gasteiger partial charge in [0.2, 0.25) is 0 Å². The van der Waals surface area contributed by atoms with Crippen molar-refractivity contribution in [3.05, 3.63) is 54.1 Å². The van der Waals surface area contributed by atoms with Crippen LogP contribution in [-0.4, -0.2) is 11.1 Å². The molecule has 20 heavy (non-hydrogen) atoms. The first-order valence-corrected chi connectivity index (χ1v) is 6.69. The van der Waals surface area contributed by atoms with E-state index in [1.807, 2.05) is 45.0 Å². The highest BCUT2D eigenvalue weighted by Crippen LogP contribution is 2.28. The van der Waals surface area contributed by atoms with Crippen LogP contribution in [0.3, 0.4) is 0 Å². The molecule has 0 fully saturated rings. The molecule has 0 spiro atoms. The third kappa shape index (κ3) is 3.70. The lowest BCUT2D eigenvalue weighted by atomic mass is 10.1. The fourth-order valence-electron chi connectivity index (χ4n) is 1.92. The van der Waals surface area contributed by atoms with Crippen molar-refractivity contribution < 1.29 is 9.13 Å². The number of nitrogens with one attached hydrogen (secondary N) is 1. The normalized spacial score (nSPS) is 12.2. The molecule has 0 aliphatic heterocycles. The summed E-state index contributed by atoms with van der Waals surface area (Å²) in [5, 5.41) is 3.33. The number of hydrogen-bond donors (Lipinski definition) is 1. The molecular weight excluding hydrogens is 255 g/mol. The van der Waals surface area contributed by atoms with Crippen molar-refractivity contribution in [3.8, 4) is 5.75 Å². The molecule has 1 unspecified atom stereocenters. The molecule has 0 amide bonds. The van der Waals surface area contributed by atoms with E-state index in [-0.39, 0.29) is 18.0 Å². The van der Waals surface area contributed by atoms with Gasteiger partial charge in [0, 0.05) is 6.20 Å². The second-order valence-corrected chi connectivity index (χ2v) is 4.97. The van der Waals surface area contributed by atoms with Crippen molar-refractivity contribution in [1.29, 1.82) is 0 Å². The van der Waals surface area contributed by atoms with E-state index < -0.39 is 0 Å². The van der Waals surface area contributed by atoms with Gasteiger partial charge in [-0.05, 0) is 44.5 Å². The molecule has 0 aliphatic carbocycles. The molecule has 2 rings (SSSR count). The standard InChI is InChI=1S/C16H19FN2O/c1-11(2)20-16-7-5-4-6-15(16)19-12(3)13-8-14(17)10-18-9-13/h4-12,19H,1-3H3. The third-order valence-corrected chi connectivity index (χ3v) is 2.85. The van der Waals surface area contributed by atoms with Gasteiger partial charge in [-0.3, -0.25) is 4.98 Å². The van der Waals surface area contributed by atoms with Gasteiger partial charge in [-0.15, -0.1) is 0 Å². The Morgan fingerprint density at radius 1 is 1.15 bits per heavy atom. The summed E-state index contributed by atoms with van der Waals surface area (Å²) in [4.78, 5) is 3.87. The van der Waals surface area contributed by atoms with Gasteiger partial charge in [0.25, 0.3) is 0 Å². The number of nitrogens with zero attached hydrogens (tertiary/aromatic N) is 1. The molecule has 0 radical (unpaired) electrons. The van der Waals surface area contributed by atoms with Crippen LogP contribution in [0.25, 0.3) is 0 Å². The first-order chi connectivity index (χ1) is 9.56. The second kappa shape index (κ2) is 6.37. The van der Waals surface area contributed by atoms with Crippen LogP contribution in [0, 0.1) is 5.82 Å². The quantitative estimate of drug-likeness (QED) is 0.888. The number of benzene rings is 1. The Morgan fingerprint density at radius 2 is 1.90 bits per heavy atom. The Bertz CT molecular complexity index is 572. The maximum Gasteiger partial charge on any atom is 0.142 e. The van der Waals surface area contributed by atoms with Crippen molar-refractivity contribution >= 4 is 5.69 Å². The summed E-state index contributed by atoms with van der Waals surface area (Å²) in [6.07, 6.45) is 2.96. The van der Waals surface area contributed by atoms with Crippen LogP contribution in [0.1, 0.15) is 32.4 Å². The molecule has 1 atom stereocenters. The first-order valence-electron chi connectivity index (χ1n) is 6.69. The molecule has 2 aromatic rings. The smallest absolute Gasteiger partial charge is 0.142 e. The van der Waals surface area contributed by atoms with E-state index in [1.165, 1.54) is 12.3 Å². The number of para-hydroxylation sites is 2. The minimum atomic E-state index is -0.331. The van der Waals surface area contributed by atoms with Crippen LogP contribution in [0.2, 0.25) is 0 Å². The van der Waals surface area contributed by atoms with E-state index in [9.17, 15) is 4.39 Å². The summed E-state index contributed by atoms with van der Waals surface area (Å²) in [7, 11) is 0. The molecule has 1 N–H and O–H groups in total. The fraction of sp³-hybridized carbons (Fsp3) is 0.312. The summed E-state index contributed by atoms with van der Waals surface area (Å²) in [5.74, 6) is 0.460. The summed E-state index contributed by atoms with van der Waals surface area (Å²) >= 11 is 0. The van der Waals surface area contributed by atoms with E-state index in [1.54, 1.807) is 6.20 Å². The Hall–Kier alpha value is -2.10. The topological polar surface area (TPSA) is 34.1 Å². The lowest BCUT2D eigenvalue weighted by molar-refractivity contribution is 0.243. The van der Waals surface area contributed by atoms with Crippen LogP contribution in [0.15, 0.2) is 42.7 Å². The number of hydrogen-bond acceptors (Lipinski definition) is 3. The summed E-state index contributed by atoms with van der Waals surface area (Å²) in [6.45, 7) is 5.93. The van der Waals surface area contributed by atoms with Gasteiger partial charge < -0.3 is 10.1 Å². The predicted molar refractivity (Wildman–Crippen MR) is 78.4 cm³/mol. The van der Waals surface area contributed by atoms with Crippen molar-refractivity contribution in [2.45, 2.75) is 32.9 Å². The average molecular weight is 274 g/mol. The number of anilines is 1. The Balaban J connectivity index is 2.17. The van der Waals surface area contributed by atoms with Gasteiger partial charge in [0.15, 0.2) is 0 Å². The molecule has 0 aliphatic rings. The van der Waals surface area contributed by atoms with Gasteiger partial charge in [0.1, 0.15) is 11.6 Å². The maximum absolute atomic E-state index is 13.2. The molecular formula is C16H19FN2O. The molecule has 4 heteroatoms. The monoisotopic (exact) mass is 274 g/mol. The largest absolute Gasteiger partial charge is 0.489 e. The van der Waals surface area contributed by atoms with E-state index in [4.69, 9.17) is 4.74 Å². The molecule has 1 heterocycles. The lowest BCUT2D eigenvalue weighted by Gasteiger charge is -2.19. The van der Waals surface area contributed by atoms with E-state index in [2.05, 4.69) is 10.3 Å². The highest BCUT2D eigenvalue weighted by molar-refractivity contribution is 5.57. The van der Waals surface area contributed by atoms with Crippen LogP contribution >= 0.6 is 0 Å². The SMILES string of the molecule is CC(C)Oc1ccccc1NC(C)c1cncc(F)c1. The third-order valence-electron chi connectivity index (χ3n) is 2.85. The van der Waals surface area contributed by atoms with E-state index in [0.717, 1.165) is 17.0 Å². The second-order valence-electron chi connectivity index (χ2n) is 4.97. The van der Waals surface area contributed by atoms with Crippen molar-refractivity contribution in [2.24, 2.45) is 0 Å². The summed E-state index contributed by atoms with van der Waals surface area (Å²) in [5.41, 5.74) is 1.68. The zero-order chi connectivity index (χ0) is 14.5. The molecule has 0 saturated carbocycles. The minimum absolute atomic E-state index is 0.0601. The van der Waals surface area contributed by atoms with Gasteiger partial charge in [0.05, 0.1) is 24.0 Å². The number of halogens is 1. The molecule has 0 bridgehead atoms. The number of aromatic nitrogens is 1. The lowest BCUT2D eigenvalue weighted by Crippen LogP contribution is -2.11. The predicted octanol–water partition coefficient (Wildman–Crippen LogP) is 4.18. The Kier molecular flexibility index (Phi) is 4.56. The zero-order valence-electron chi connectivity index (χ0n) is 11.9. The number of ether oxygens (including phenoxy) is 1. The molecule has 1 aromatic heterocycles. The average Bonchev–Trinajstić information content (AvgIpc) is 2.40.